The Morgan fingerprint density at radius 1 is 1.26 bits per heavy atom. The van der Waals surface area contributed by atoms with Gasteiger partial charge in [0, 0.05) is 0 Å². The molecule has 2 saturated carbocycles. The summed E-state index contributed by atoms with van der Waals surface area (Å²) in [5.74, 6) is 3.93. The van der Waals surface area contributed by atoms with E-state index in [4.69, 9.17) is 4.74 Å². The highest BCUT2D eigenvalue weighted by Gasteiger charge is 2.55. The van der Waals surface area contributed by atoms with Crippen LogP contribution < -0.4 is 4.74 Å². The molecule has 19 heavy (non-hydrogen) atoms. The summed E-state index contributed by atoms with van der Waals surface area (Å²) in [7, 11) is 1.62. The van der Waals surface area contributed by atoms with E-state index < -0.39 is 0 Å². The minimum Gasteiger partial charge on any atom is -0.504 e. The molecular weight excluding hydrogens is 236 g/mol. The zero-order valence-electron chi connectivity index (χ0n) is 12.3. The molecule has 0 aromatic heterocycles. The van der Waals surface area contributed by atoms with Crippen LogP contribution in [0.15, 0.2) is 18.2 Å². The Morgan fingerprint density at radius 2 is 2.00 bits per heavy atom. The Labute approximate surface area is 115 Å². The highest BCUT2D eigenvalue weighted by molar-refractivity contribution is 5.43. The predicted molar refractivity (Wildman–Crippen MR) is 76.6 cm³/mol. The maximum absolute atomic E-state index is 9.73. The van der Waals surface area contributed by atoms with Crippen LogP contribution >= 0.6 is 0 Å². The van der Waals surface area contributed by atoms with Gasteiger partial charge in [0.25, 0.3) is 0 Å². The lowest BCUT2D eigenvalue weighted by Crippen LogP contribution is -2.32. The predicted octanol–water partition coefficient (Wildman–Crippen LogP) is 4.19. The first-order chi connectivity index (χ1) is 8.95. The number of ether oxygens (including phenoxy) is 1. The quantitative estimate of drug-likeness (QED) is 0.864. The molecule has 0 saturated heterocycles. The molecular formula is C17H24O2. The van der Waals surface area contributed by atoms with E-state index in [-0.39, 0.29) is 5.75 Å². The van der Waals surface area contributed by atoms with Crippen molar-refractivity contribution in [2.24, 2.45) is 23.2 Å². The third-order valence-corrected chi connectivity index (χ3v) is 6.07. The molecule has 2 aliphatic carbocycles. The average Bonchev–Trinajstić information content (AvgIpc) is 2.90. The second kappa shape index (κ2) is 4.16. The van der Waals surface area contributed by atoms with Crippen LogP contribution in [0.2, 0.25) is 0 Å². The molecule has 1 N–H and O–H groups in total. The summed E-state index contributed by atoms with van der Waals surface area (Å²) in [6.45, 7) is 7.26. The topological polar surface area (TPSA) is 29.5 Å². The monoisotopic (exact) mass is 260 g/mol. The number of hydrogen-bond acceptors (Lipinski definition) is 2. The first-order valence-electron chi connectivity index (χ1n) is 7.32. The summed E-state index contributed by atoms with van der Waals surface area (Å²) in [6, 6.07) is 5.88. The summed E-state index contributed by atoms with van der Waals surface area (Å²) in [5, 5.41) is 9.73. The van der Waals surface area contributed by atoms with Crippen molar-refractivity contribution >= 4 is 0 Å². The second-order valence-corrected chi connectivity index (χ2v) is 6.99. The van der Waals surface area contributed by atoms with Gasteiger partial charge in [0.15, 0.2) is 11.5 Å². The maximum atomic E-state index is 9.73. The molecule has 4 atom stereocenters. The van der Waals surface area contributed by atoms with Gasteiger partial charge in [0.05, 0.1) is 7.11 Å². The van der Waals surface area contributed by atoms with Crippen molar-refractivity contribution in [1.82, 2.24) is 0 Å². The van der Waals surface area contributed by atoms with E-state index in [9.17, 15) is 5.11 Å². The van der Waals surface area contributed by atoms with Crippen LogP contribution in [0.4, 0.5) is 0 Å². The Hall–Kier alpha value is -1.18. The van der Waals surface area contributed by atoms with Crippen LogP contribution in [-0.2, 0) is 0 Å². The standard InChI is InChI=1S/C17H24O2/c1-10-12-7-13(14(8-12)17(10,2)3)11-5-6-15(18)16(9-11)19-4/h5-6,9-10,12-14,18H,7-8H2,1-4H3/t10-,12-,13+,14+/m0/s1. The molecule has 2 heteroatoms. The van der Waals surface area contributed by atoms with E-state index >= 15 is 0 Å². The lowest BCUT2D eigenvalue weighted by molar-refractivity contribution is 0.118. The van der Waals surface area contributed by atoms with E-state index in [1.807, 2.05) is 6.07 Å². The molecule has 2 nitrogen and oxygen atoms in total. The van der Waals surface area contributed by atoms with E-state index in [1.165, 1.54) is 18.4 Å². The highest BCUT2D eigenvalue weighted by Crippen LogP contribution is 2.64. The largest absolute Gasteiger partial charge is 0.504 e. The molecule has 1 aromatic carbocycles. The summed E-state index contributed by atoms with van der Waals surface area (Å²) in [4.78, 5) is 0. The first-order valence-corrected chi connectivity index (χ1v) is 7.32. The van der Waals surface area contributed by atoms with Crippen LogP contribution in [0.3, 0.4) is 0 Å². The van der Waals surface area contributed by atoms with Crippen molar-refractivity contribution in [2.45, 2.75) is 39.5 Å². The maximum Gasteiger partial charge on any atom is 0.160 e. The van der Waals surface area contributed by atoms with Gasteiger partial charge < -0.3 is 9.84 Å². The molecule has 0 heterocycles. The number of methoxy groups -OCH3 is 1. The van der Waals surface area contributed by atoms with Gasteiger partial charge in [-0.2, -0.15) is 0 Å². The zero-order chi connectivity index (χ0) is 13.8. The van der Waals surface area contributed by atoms with Gasteiger partial charge in [-0.3, -0.25) is 0 Å². The third-order valence-electron chi connectivity index (χ3n) is 6.07. The SMILES string of the molecule is COc1cc([C@H]2C[C@H]3C[C@H]2C(C)(C)[C@H]3C)ccc1O. The number of aromatic hydroxyl groups is 1. The number of phenolic OH excluding ortho intramolecular Hbond substituents is 1. The fourth-order valence-electron chi connectivity index (χ4n) is 4.55. The van der Waals surface area contributed by atoms with Gasteiger partial charge in [0.1, 0.15) is 0 Å². The van der Waals surface area contributed by atoms with Crippen molar-refractivity contribution < 1.29 is 9.84 Å². The van der Waals surface area contributed by atoms with Crippen LogP contribution in [0.25, 0.3) is 0 Å². The molecule has 0 unspecified atom stereocenters. The van der Waals surface area contributed by atoms with Crippen molar-refractivity contribution in [3.05, 3.63) is 23.8 Å². The lowest BCUT2D eigenvalue weighted by Gasteiger charge is -2.41. The van der Waals surface area contributed by atoms with Gasteiger partial charge in [0.2, 0.25) is 0 Å². The molecule has 2 bridgehead atoms. The van der Waals surface area contributed by atoms with Gasteiger partial charge >= 0.3 is 0 Å². The van der Waals surface area contributed by atoms with Crippen molar-refractivity contribution in [2.75, 3.05) is 7.11 Å². The zero-order valence-corrected chi connectivity index (χ0v) is 12.3. The molecule has 0 radical (unpaired) electrons. The normalized spacial score (nSPS) is 35.6. The van der Waals surface area contributed by atoms with E-state index in [0.29, 0.717) is 17.1 Å². The highest BCUT2D eigenvalue weighted by atomic mass is 16.5. The molecule has 3 rings (SSSR count). The Kier molecular flexibility index (Phi) is 2.81. The molecule has 0 spiro atoms. The van der Waals surface area contributed by atoms with E-state index in [0.717, 1.165) is 17.8 Å². The molecule has 2 fully saturated rings. The lowest BCUT2D eigenvalue weighted by atomic mass is 9.64. The Balaban J connectivity index is 1.93. The van der Waals surface area contributed by atoms with Gasteiger partial charge in [-0.25, -0.2) is 0 Å². The van der Waals surface area contributed by atoms with Crippen molar-refractivity contribution in [3.8, 4) is 11.5 Å². The number of benzene rings is 1. The fraction of sp³-hybridized carbons (Fsp3) is 0.647. The second-order valence-electron chi connectivity index (χ2n) is 6.99. The van der Waals surface area contributed by atoms with Gasteiger partial charge in [-0.05, 0) is 59.6 Å². The smallest absolute Gasteiger partial charge is 0.160 e. The average molecular weight is 260 g/mol. The van der Waals surface area contributed by atoms with Crippen LogP contribution in [0.5, 0.6) is 11.5 Å². The van der Waals surface area contributed by atoms with Crippen LogP contribution in [0.1, 0.15) is 45.1 Å². The van der Waals surface area contributed by atoms with Gasteiger partial charge in [-0.1, -0.05) is 26.8 Å². The summed E-state index contributed by atoms with van der Waals surface area (Å²) in [5.41, 5.74) is 1.76. The fourth-order valence-corrected chi connectivity index (χ4v) is 4.55. The third kappa shape index (κ3) is 1.76. The number of phenols is 1. The Morgan fingerprint density at radius 3 is 2.58 bits per heavy atom. The number of rotatable bonds is 2. The number of fused-ring (bicyclic) bond motifs is 2. The van der Waals surface area contributed by atoms with Crippen molar-refractivity contribution in [3.63, 3.8) is 0 Å². The first kappa shape index (κ1) is 12.8. The molecule has 104 valence electrons. The summed E-state index contributed by atoms with van der Waals surface area (Å²) >= 11 is 0. The minimum atomic E-state index is 0.238. The molecule has 2 aliphatic rings. The molecule has 0 aliphatic heterocycles. The molecule has 1 aromatic rings. The minimum absolute atomic E-state index is 0.238. The summed E-state index contributed by atoms with van der Waals surface area (Å²) < 4.78 is 5.25. The molecule has 0 amide bonds. The number of hydrogen-bond donors (Lipinski definition) is 1. The van der Waals surface area contributed by atoms with Crippen LogP contribution in [0, 0.1) is 23.2 Å². The van der Waals surface area contributed by atoms with E-state index in [2.05, 4.69) is 26.8 Å². The summed E-state index contributed by atoms with van der Waals surface area (Å²) in [6.07, 6.45) is 2.66. The van der Waals surface area contributed by atoms with E-state index in [1.54, 1.807) is 13.2 Å². The van der Waals surface area contributed by atoms with Crippen LogP contribution in [-0.4, -0.2) is 12.2 Å². The van der Waals surface area contributed by atoms with Gasteiger partial charge in [-0.15, -0.1) is 0 Å². The van der Waals surface area contributed by atoms with Crippen molar-refractivity contribution in [1.29, 1.82) is 0 Å². The Bertz CT molecular complexity index is 492.